The Morgan fingerprint density at radius 1 is 1.00 bits per heavy atom. The van der Waals surface area contributed by atoms with E-state index in [4.69, 9.17) is 21.7 Å². The lowest BCUT2D eigenvalue weighted by Crippen LogP contribution is -2.36. The first-order valence-corrected chi connectivity index (χ1v) is 14.4. The van der Waals surface area contributed by atoms with Crippen LogP contribution in [0.25, 0.3) is 6.08 Å². The first-order chi connectivity index (χ1) is 20.9. The number of rotatable bonds is 11. The number of carbonyl (C=O) groups is 1. The van der Waals surface area contributed by atoms with Crippen molar-refractivity contribution in [1.82, 2.24) is 4.90 Å². The number of allylic oxidation sites excluding steroid dienone is 1. The molecule has 3 aromatic carbocycles. The molecule has 44 heavy (non-hydrogen) atoms. The predicted octanol–water partition coefficient (Wildman–Crippen LogP) is 9.37. The third-order valence-electron chi connectivity index (χ3n) is 6.09. The fraction of sp³-hybridized carbons (Fsp3) is 0.294. The molecule has 3 aromatic rings. The summed E-state index contributed by atoms with van der Waals surface area (Å²) >= 11 is 5.22. The van der Waals surface area contributed by atoms with Gasteiger partial charge in [0.15, 0.2) is 11.5 Å². The molecule has 0 aliphatic heterocycles. The molecule has 0 saturated heterocycles. The summed E-state index contributed by atoms with van der Waals surface area (Å²) in [6.45, 7) is 10.9. The largest absolute Gasteiger partial charge is 0.573 e. The molecule has 236 valence electrons. The third-order valence-corrected chi connectivity index (χ3v) is 6.31. The van der Waals surface area contributed by atoms with Crippen LogP contribution in [0.4, 0.5) is 13.2 Å². The van der Waals surface area contributed by atoms with Gasteiger partial charge in [-0.05, 0) is 80.8 Å². The number of halogens is 3. The Morgan fingerprint density at radius 2 is 1.64 bits per heavy atom. The van der Waals surface area contributed by atoms with Crippen LogP contribution < -0.4 is 14.2 Å². The van der Waals surface area contributed by atoms with Crippen molar-refractivity contribution in [2.75, 3.05) is 6.54 Å². The van der Waals surface area contributed by atoms with Crippen molar-refractivity contribution in [3.63, 3.8) is 0 Å². The molecule has 0 bridgehead atoms. The molecule has 0 aliphatic carbocycles. The Morgan fingerprint density at radius 3 is 2.20 bits per heavy atom. The number of thiocarbonyl (C=S) groups is 1. The molecular weight excluding hydrogens is 591 g/mol. The lowest BCUT2D eigenvalue weighted by molar-refractivity contribution is -0.274. The van der Waals surface area contributed by atoms with Gasteiger partial charge in [-0.3, -0.25) is 9.69 Å². The van der Waals surface area contributed by atoms with Gasteiger partial charge in [0.1, 0.15) is 24.2 Å². The molecule has 6 nitrogen and oxygen atoms in total. The number of alkyl halides is 3. The van der Waals surface area contributed by atoms with E-state index in [1.165, 1.54) is 35.2 Å². The van der Waals surface area contributed by atoms with E-state index in [0.29, 0.717) is 33.2 Å². The van der Waals surface area contributed by atoms with Gasteiger partial charge in [-0.1, -0.05) is 74.6 Å². The van der Waals surface area contributed by atoms with Gasteiger partial charge in [-0.2, -0.15) is 0 Å². The third kappa shape index (κ3) is 11.4. The lowest BCUT2D eigenvalue weighted by Gasteiger charge is -2.21. The summed E-state index contributed by atoms with van der Waals surface area (Å²) in [5.74, 6) is 0.163. The van der Waals surface area contributed by atoms with Gasteiger partial charge >= 0.3 is 6.36 Å². The Labute approximate surface area is 262 Å². The van der Waals surface area contributed by atoms with Crippen LogP contribution in [0, 0.1) is 0 Å². The van der Waals surface area contributed by atoms with Crippen LogP contribution in [-0.4, -0.2) is 33.8 Å². The van der Waals surface area contributed by atoms with E-state index in [2.05, 4.69) is 4.74 Å². The minimum atomic E-state index is -4.77. The zero-order valence-corrected chi connectivity index (χ0v) is 26.5. The quantitative estimate of drug-likeness (QED) is 0.130. The van der Waals surface area contributed by atoms with Crippen molar-refractivity contribution in [1.29, 1.82) is 0 Å². The normalized spacial score (nSPS) is 12.4. The average Bonchev–Trinajstić information content (AvgIpc) is 3.00. The topological polar surface area (TPSA) is 68.2 Å². The second-order valence-corrected chi connectivity index (χ2v) is 9.97. The van der Waals surface area contributed by atoms with Gasteiger partial charge in [0, 0.05) is 5.57 Å². The van der Waals surface area contributed by atoms with Crippen molar-refractivity contribution in [3.05, 3.63) is 107 Å². The summed E-state index contributed by atoms with van der Waals surface area (Å²) in [5.41, 5.74) is 2.61. The second-order valence-electron chi connectivity index (χ2n) is 9.38. The number of hydrogen-bond donors (Lipinski definition) is 1. The highest BCUT2D eigenvalue weighted by atomic mass is 32.1. The van der Waals surface area contributed by atoms with Gasteiger partial charge in [0.2, 0.25) is 0 Å². The highest BCUT2D eigenvalue weighted by Gasteiger charge is 2.31. The molecule has 0 radical (unpaired) electrons. The molecule has 3 rings (SSSR count). The van der Waals surface area contributed by atoms with Crippen LogP contribution in [0.5, 0.6) is 17.2 Å². The van der Waals surface area contributed by atoms with Gasteiger partial charge < -0.3 is 19.3 Å². The van der Waals surface area contributed by atoms with Gasteiger partial charge in [-0.15, -0.1) is 13.2 Å². The van der Waals surface area contributed by atoms with E-state index < -0.39 is 6.36 Å². The maximum absolute atomic E-state index is 13.1. The van der Waals surface area contributed by atoms with Crippen molar-refractivity contribution >= 4 is 29.2 Å². The summed E-state index contributed by atoms with van der Waals surface area (Å²) in [6.07, 6.45) is -1.93. The molecule has 0 aromatic heterocycles. The molecule has 0 spiro atoms. The molecule has 1 N–H and O–H groups in total. The molecule has 1 amide bonds. The molecule has 0 aliphatic rings. The fourth-order valence-corrected chi connectivity index (χ4v) is 4.01. The zero-order valence-electron chi connectivity index (χ0n) is 25.6. The number of benzene rings is 3. The monoisotopic (exact) mass is 629 g/mol. The molecule has 0 saturated carbocycles. The van der Waals surface area contributed by atoms with E-state index in [9.17, 15) is 23.1 Å². The van der Waals surface area contributed by atoms with Gasteiger partial charge in [0.05, 0.1) is 11.5 Å². The number of carbonyl (C=O) groups excluding carboxylic acids is 1. The van der Waals surface area contributed by atoms with Gasteiger partial charge in [-0.25, -0.2) is 0 Å². The summed E-state index contributed by atoms with van der Waals surface area (Å²) in [4.78, 5) is 14.8. The van der Waals surface area contributed by atoms with E-state index in [1.807, 2.05) is 51.1 Å². The SMILES string of the molecule is CC.CC=C(O)CN(C(=O)/C(C)=C/c1ccc(OCc2ccc(OC(F)(F)F)cc2)c(OC(C)c2ccccc2)c1)C(C)=S. The highest BCUT2D eigenvalue weighted by Crippen LogP contribution is 2.34. The second kappa shape index (κ2) is 17.1. The molecule has 0 heterocycles. The molecular formula is C34H38F3NO5S. The number of amides is 1. The van der Waals surface area contributed by atoms with Gasteiger partial charge in [0.25, 0.3) is 5.91 Å². The Balaban J connectivity index is 0.00000330. The average molecular weight is 630 g/mol. The summed E-state index contributed by atoms with van der Waals surface area (Å²) in [6, 6.07) is 20.2. The Bertz CT molecular complexity index is 1440. The number of nitrogens with zero attached hydrogens (tertiary/aromatic N) is 1. The summed E-state index contributed by atoms with van der Waals surface area (Å²) in [7, 11) is 0. The van der Waals surface area contributed by atoms with Crippen LogP contribution in [0.1, 0.15) is 64.3 Å². The van der Waals surface area contributed by atoms with Crippen LogP contribution >= 0.6 is 12.2 Å². The van der Waals surface area contributed by atoms with Crippen molar-refractivity contribution < 1.29 is 37.3 Å². The molecule has 0 fully saturated rings. The Hall–Kier alpha value is -4.31. The van der Waals surface area contributed by atoms with E-state index in [-0.39, 0.29) is 36.7 Å². The number of hydrogen-bond acceptors (Lipinski definition) is 6. The molecule has 1 unspecified atom stereocenters. The zero-order chi connectivity index (χ0) is 32.9. The van der Waals surface area contributed by atoms with Crippen LogP contribution in [-0.2, 0) is 11.4 Å². The smallest absolute Gasteiger partial charge is 0.511 e. The lowest BCUT2D eigenvalue weighted by atomic mass is 10.1. The standard InChI is InChI=1S/C32H32F3NO5S.C2H6/c1-5-27(37)19-36(23(4)42)31(38)21(2)17-25-13-16-29(30(18-25)40-22(3)26-9-7-6-8-10-26)39-20-24-11-14-28(15-12-24)41-32(33,34)35;1-2/h5-18,22,37H,19-20H2,1-4H3;1-2H3/b21-17+,27-5?;. The van der Waals surface area contributed by atoms with Crippen molar-refractivity contribution in [2.45, 2.75) is 60.6 Å². The number of aliphatic hydroxyl groups is 1. The van der Waals surface area contributed by atoms with Crippen LogP contribution in [0.3, 0.4) is 0 Å². The maximum atomic E-state index is 13.1. The first-order valence-electron chi connectivity index (χ1n) is 14.0. The fourth-order valence-electron chi connectivity index (χ4n) is 3.86. The minimum absolute atomic E-state index is 0.0231. The van der Waals surface area contributed by atoms with E-state index >= 15 is 0 Å². The summed E-state index contributed by atoms with van der Waals surface area (Å²) in [5, 5.41) is 9.94. The van der Waals surface area contributed by atoms with E-state index in [1.54, 1.807) is 45.0 Å². The predicted molar refractivity (Wildman–Crippen MR) is 171 cm³/mol. The number of aliphatic hydroxyl groups excluding tert-OH is 1. The van der Waals surface area contributed by atoms with Crippen LogP contribution in [0.15, 0.2) is 90.2 Å². The first kappa shape index (κ1) is 35.9. The highest BCUT2D eigenvalue weighted by molar-refractivity contribution is 7.80. The van der Waals surface area contributed by atoms with Crippen molar-refractivity contribution in [3.8, 4) is 17.2 Å². The molecule has 10 heteroatoms. The maximum Gasteiger partial charge on any atom is 0.573 e. The number of ether oxygens (including phenoxy) is 3. The minimum Gasteiger partial charge on any atom is -0.511 e. The van der Waals surface area contributed by atoms with Crippen molar-refractivity contribution in [2.24, 2.45) is 0 Å². The molecule has 1 atom stereocenters. The van der Waals surface area contributed by atoms with E-state index in [0.717, 1.165) is 5.56 Å². The van der Waals surface area contributed by atoms with Crippen LogP contribution in [0.2, 0.25) is 0 Å². The Kier molecular flexibility index (Phi) is 13.9. The summed E-state index contributed by atoms with van der Waals surface area (Å²) < 4.78 is 53.6.